The third-order valence-electron chi connectivity index (χ3n) is 5.74. The zero-order valence-corrected chi connectivity index (χ0v) is 17.0. The Bertz CT molecular complexity index is 884. The average molecular weight is 398 g/mol. The monoisotopic (exact) mass is 398 g/mol. The van der Waals surface area contributed by atoms with Gasteiger partial charge in [-0.15, -0.1) is 0 Å². The van der Waals surface area contributed by atoms with E-state index in [4.69, 9.17) is 0 Å². The third-order valence-corrected chi connectivity index (χ3v) is 5.74. The lowest BCUT2D eigenvalue weighted by molar-refractivity contribution is -0.151. The van der Waals surface area contributed by atoms with Crippen LogP contribution in [0.4, 0.5) is 4.39 Å². The van der Waals surface area contributed by atoms with Crippen LogP contribution in [0.2, 0.25) is 0 Å². The summed E-state index contributed by atoms with van der Waals surface area (Å²) >= 11 is 0. The molecule has 0 spiro atoms. The van der Waals surface area contributed by atoms with Gasteiger partial charge in [-0.05, 0) is 28.8 Å². The summed E-state index contributed by atoms with van der Waals surface area (Å²) in [6.07, 6.45) is 0.402. The molecule has 0 aliphatic carbocycles. The van der Waals surface area contributed by atoms with Crippen LogP contribution in [-0.2, 0) is 9.59 Å². The van der Waals surface area contributed by atoms with E-state index in [1.807, 2.05) is 37.3 Å². The molecule has 1 heterocycles. The second-order valence-corrected chi connectivity index (χ2v) is 7.53. The maximum absolute atomic E-state index is 13.5. The van der Waals surface area contributed by atoms with Crippen LogP contribution in [0, 0.1) is 5.82 Å². The second kappa shape index (κ2) is 8.74. The Balaban J connectivity index is 1.87. The van der Waals surface area contributed by atoms with E-state index in [0.717, 1.165) is 16.7 Å². The van der Waals surface area contributed by atoms with Crippen molar-refractivity contribution in [3.63, 3.8) is 0 Å². The first-order valence-electron chi connectivity index (χ1n) is 9.87. The summed E-state index contributed by atoms with van der Waals surface area (Å²) in [4.78, 5) is 27.5. The molecule has 1 fully saturated rings. The lowest BCUT2D eigenvalue weighted by atomic mass is 9.74. The fourth-order valence-corrected chi connectivity index (χ4v) is 4.28. The Hall–Kier alpha value is -2.73. The normalized spacial score (nSPS) is 20.9. The molecule has 1 saturated heterocycles. The molecule has 2 aromatic rings. The van der Waals surface area contributed by atoms with Gasteiger partial charge in [0, 0.05) is 32.9 Å². The maximum Gasteiger partial charge on any atom is 0.222 e. The van der Waals surface area contributed by atoms with Gasteiger partial charge in [0.25, 0.3) is 0 Å². The molecule has 1 aliphatic heterocycles. The predicted molar refractivity (Wildman–Crippen MR) is 110 cm³/mol. The summed E-state index contributed by atoms with van der Waals surface area (Å²) in [7, 11) is 1.74. The number of hydrogen-bond acceptors (Lipinski definition) is 3. The Morgan fingerprint density at radius 1 is 1.10 bits per heavy atom. The number of likely N-dealkylation sites (N-methyl/N-ethyl adjacent to an activating group) is 1. The van der Waals surface area contributed by atoms with Gasteiger partial charge in [0.2, 0.25) is 11.8 Å². The third kappa shape index (κ3) is 4.17. The van der Waals surface area contributed by atoms with Crippen molar-refractivity contribution in [1.29, 1.82) is 0 Å². The molecule has 6 heteroatoms. The van der Waals surface area contributed by atoms with E-state index in [1.165, 1.54) is 19.1 Å². The number of aliphatic hydroxyl groups is 1. The molecule has 29 heavy (non-hydrogen) atoms. The molecule has 3 rings (SSSR count). The van der Waals surface area contributed by atoms with Crippen LogP contribution >= 0.6 is 0 Å². The molecule has 0 radical (unpaired) electrons. The molecule has 1 N–H and O–H groups in total. The lowest BCUT2D eigenvalue weighted by Crippen LogP contribution is -2.68. The first-order valence-corrected chi connectivity index (χ1v) is 9.87. The molecule has 0 bridgehead atoms. The fourth-order valence-electron chi connectivity index (χ4n) is 4.28. The molecule has 0 saturated carbocycles. The largest absolute Gasteiger partial charge is 0.394 e. The number of carbonyl (C=O) groups excluding carboxylic acids is 2. The first-order chi connectivity index (χ1) is 13.9. The highest BCUT2D eigenvalue weighted by atomic mass is 19.1. The molecule has 0 aromatic heterocycles. The molecule has 2 aromatic carbocycles. The Morgan fingerprint density at radius 3 is 2.34 bits per heavy atom. The van der Waals surface area contributed by atoms with E-state index in [2.05, 4.69) is 0 Å². The van der Waals surface area contributed by atoms with Crippen LogP contribution in [-0.4, -0.2) is 59.0 Å². The Morgan fingerprint density at radius 2 is 1.79 bits per heavy atom. The van der Waals surface area contributed by atoms with Crippen molar-refractivity contribution in [1.82, 2.24) is 9.80 Å². The minimum atomic E-state index is -0.317. The fraction of sp³-hybridized carbons (Fsp3) is 0.391. The van der Waals surface area contributed by atoms with Gasteiger partial charge in [0.15, 0.2) is 0 Å². The van der Waals surface area contributed by atoms with E-state index in [9.17, 15) is 19.1 Å². The summed E-state index contributed by atoms with van der Waals surface area (Å²) in [5, 5.41) is 9.89. The number of aliphatic hydroxyl groups excluding tert-OH is 1. The Labute approximate surface area is 170 Å². The van der Waals surface area contributed by atoms with Gasteiger partial charge in [-0.2, -0.15) is 0 Å². The summed E-state index contributed by atoms with van der Waals surface area (Å²) < 4.78 is 13.5. The topological polar surface area (TPSA) is 60.9 Å². The van der Waals surface area contributed by atoms with Crippen LogP contribution < -0.4 is 0 Å². The smallest absolute Gasteiger partial charge is 0.222 e. The van der Waals surface area contributed by atoms with Crippen molar-refractivity contribution in [2.75, 3.05) is 20.2 Å². The predicted octanol–water partition coefficient (Wildman–Crippen LogP) is 3.04. The molecule has 3 atom stereocenters. The van der Waals surface area contributed by atoms with Crippen molar-refractivity contribution in [2.45, 2.75) is 38.3 Å². The second-order valence-electron chi connectivity index (χ2n) is 7.53. The van der Waals surface area contributed by atoms with Crippen molar-refractivity contribution in [3.8, 4) is 11.1 Å². The van der Waals surface area contributed by atoms with Gasteiger partial charge in [0.1, 0.15) is 5.82 Å². The SMILES string of the molecule is CCC(=O)N(C)C[C@H]1[C@@H](c2ccc(-c3cccc(F)c3)cc2)[C@@H](CO)N1C(C)=O. The number of rotatable bonds is 6. The molecule has 0 unspecified atom stereocenters. The zero-order chi connectivity index (χ0) is 21.1. The van der Waals surface area contributed by atoms with E-state index in [1.54, 1.807) is 22.9 Å². The van der Waals surface area contributed by atoms with Crippen molar-refractivity contribution < 1.29 is 19.1 Å². The molecular weight excluding hydrogens is 371 g/mol. The van der Waals surface area contributed by atoms with Gasteiger partial charge in [-0.3, -0.25) is 9.59 Å². The van der Waals surface area contributed by atoms with E-state index in [0.29, 0.717) is 13.0 Å². The van der Waals surface area contributed by atoms with Crippen LogP contribution in [0.5, 0.6) is 0 Å². The van der Waals surface area contributed by atoms with Gasteiger partial charge in [0.05, 0.1) is 18.7 Å². The summed E-state index contributed by atoms with van der Waals surface area (Å²) in [6.45, 7) is 3.57. The number of likely N-dealkylation sites (tertiary alicyclic amines) is 1. The zero-order valence-electron chi connectivity index (χ0n) is 17.0. The van der Waals surface area contributed by atoms with Crippen molar-refractivity contribution >= 4 is 11.8 Å². The molecule has 154 valence electrons. The standard InChI is InChI=1S/C23H27FN2O3/c1-4-22(29)25(3)13-20-23(21(14-27)26(20)15(2)28)17-10-8-16(9-11-17)18-6-5-7-19(24)12-18/h5-12,20-21,23,27H,4,13-14H2,1-3H3/t20-,21+,23+/m0/s1. The highest BCUT2D eigenvalue weighted by Gasteiger charge is 2.50. The van der Waals surface area contributed by atoms with E-state index >= 15 is 0 Å². The summed E-state index contributed by atoms with van der Waals surface area (Å²) in [5.41, 5.74) is 2.68. The van der Waals surface area contributed by atoms with Crippen LogP contribution in [0.25, 0.3) is 11.1 Å². The Kier molecular flexibility index (Phi) is 6.33. The lowest BCUT2D eigenvalue weighted by Gasteiger charge is -2.55. The molecular formula is C23H27FN2O3. The number of benzene rings is 2. The number of halogens is 1. The van der Waals surface area contributed by atoms with Gasteiger partial charge < -0.3 is 14.9 Å². The number of hydrogen-bond donors (Lipinski definition) is 1. The van der Waals surface area contributed by atoms with E-state index < -0.39 is 0 Å². The van der Waals surface area contributed by atoms with Gasteiger partial charge >= 0.3 is 0 Å². The average Bonchev–Trinajstić information content (AvgIpc) is 2.70. The highest BCUT2D eigenvalue weighted by molar-refractivity contribution is 5.77. The van der Waals surface area contributed by atoms with Crippen LogP contribution in [0.15, 0.2) is 48.5 Å². The van der Waals surface area contributed by atoms with E-state index in [-0.39, 0.29) is 42.2 Å². The summed E-state index contributed by atoms with van der Waals surface area (Å²) in [6, 6.07) is 13.7. The van der Waals surface area contributed by atoms with Gasteiger partial charge in [-0.1, -0.05) is 43.3 Å². The number of carbonyl (C=O) groups is 2. The van der Waals surface area contributed by atoms with Gasteiger partial charge in [-0.25, -0.2) is 4.39 Å². The molecule has 5 nitrogen and oxygen atoms in total. The highest BCUT2D eigenvalue weighted by Crippen LogP contribution is 2.41. The first kappa shape index (κ1) is 21.0. The van der Waals surface area contributed by atoms with Crippen LogP contribution in [0.3, 0.4) is 0 Å². The molecule has 1 aliphatic rings. The minimum Gasteiger partial charge on any atom is -0.394 e. The number of nitrogens with zero attached hydrogens (tertiary/aromatic N) is 2. The molecule has 2 amide bonds. The van der Waals surface area contributed by atoms with Crippen LogP contribution in [0.1, 0.15) is 31.7 Å². The number of amides is 2. The maximum atomic E-state index is 13.5. The minimum absolute atomic E-state index is 0.0150. The van der Waals surface area contributed by atoms with Crippen molar-refractivity contribution in [3.05, 3.63) is 59.9 Å². The summed E-state index contributed by atoms with van der Waals surface area (Å²) in [5.74, 6) is -0.454. The van der Waals surface area contributed by atoms with Crippen molar-refractivity contribution in [2.24, 2.45) is 0 Å². The quantitative estimate of drug-likeness (QED) is 0.814.